The lowest BCUT2D eigenvalue weighted by Gasteiger charge is -2.32. The molecule has 5 nitrogen and oxygen atoms in total. The van der Waals surface area contributed by atoms with Gasteiger partial charge in [-0.2, -0.15) is 0 Å². The van der Waals surface area contributed by atoms with E-state index in [1.165, 1.54) is 0 Å². The summed E-state index contributed by atoms with van der Waals surface area (Å²) in [6.07, 6.45) is 3.96. The molecule has 0 radical (unpaired) electrons. The van der Waals surface area contributed by atoms with Crippen LogP contribution in [0.15, 0.2) is 59.5 Å². The van der Waals surface area contributed by atoms with E-state index in [1.54, 1.807) is 28.8 Å². The minimum atomic E-state index is -1.01. The fourth-order valence-corrected chi connectivity index (χ4v) is 5.03. The molecule has 6 heteroatoms. The molecule has 1 fully saturated rings. The van der Waals surface area contributed by atoms with E-state index >= 15 is 0 Å². The normalized spacial score (nSPS) is 15.2. The maximum atomic E-state index is 13.3. The highest BCUT2D eigenvalue weighted by atomic mass is 32.2. The molecule has 0 aliphatic heterocycles. The fourth-order valence-electron chi connectivity index (χ4n) is 3.55. The van der Waals surface area contributed by atoms with Gasteiger partial charge in [0, 0.05) is 18.5 Å². The summed E-state index contributed by atoms with van der Waals surface area (Å²) in [4.78, 5) is 26.8. The SMILES string of the molecule is CN(Cc1ccc(OCC(=O)O)cc1)C(=O)C1(Sc2ccccc2)CCCC1. The molecule has 0 aromatic heterocycles. The van der Waals surface area contributed by atoms with Crippen molar-refractivity contribution >= 4 is 23.6 Å². The summed E-state index contributed by atoms with van der Waals surface area (Å²) in [6.45, 7) is 0.145. The molecule has 0 unspecified atom stereocenters. The van der Waals surface area contributed by atoms with Gasteiger partial charge in [0.2, 0.25) is 5.91 Å². The molecular formula is C22H25NO4S. The van der Waals surface area contributed by atoms with Gasteiger partial charge in [-0.05, 0) is 42.7 Å². The largest absolute Gasteiger partial charge is 0.482 e. The number of carboxylic acids is 1. The number of carboxylic acid groups (broad SMARTS) is 1. The van der Waals surface area contributed by atoms with E-state index in [1.807, 2.05) is 37.4 Å². The van der Waals surface area contributed by atoms with E-state index in [0.717, 1.165) is 36.1 Å². The Balaban J connectivity index is 1.65. The van der Waals surface area contributed by atoms with Crippen LogP contribution in [0.25, 0.3) is 0 Å². The molecule has 3 rings (SSSR count). The highest BCUT2D eigenvalue weighted by Gasteiger charge is 2.43. The number of carbonyl (C=O) groups is 2. The lowest BCUT2D eigenvalue weighted by atomic mass is 10.1. The summed E-state index contributed by atoms with van der Waals surface area (Å²) in [5.41, 5.74) is 0.983. The van der Waals surface area contributed by atoms with Crippen molar-refractivity contribution in [3.05, 3.63) is 60.2 Å². The zero-order chi connectivity index (χ0) is 20.0. The summed E-state index contributed by atoms with van der Waals surface area (Å²) >= 11 is 1.69. The van der Waals surface area contributed by atoms with Crippen molar-refractivity contribution in [3.8, 4) is 5.75 Å². The first kappa shape index (κ1) is 20.3. The van der Waals surface area contributed by atoms with E-state index < -0.39 is 5.97 Å². The Labute approximate surface area is 169 Å². The third kappa shape index (κ3) is 5.07. The summed E-state index contributed by atoms with van der Waals surface area (Å²) in [6, 6.07) is 17.3. The zero-order valence-corrected chi connectivity index (χ0v) is 16.8. The molecule has 1 aliphatic carbocycles. The van der Waals surface area contributed by atoms with Crippen molar-refractivity contribution in [3.63, 3.8) is 0 Å². The van der Waals surface area contributed by atoms with Gasteiger partial charge in [0.25, 0.3) is 0 Å². The van der Waals surface area contributed by atoms with Crippen LogP contribution in [0.4, 0.5) is 0 Å². The van der Waals surface area contributed by atoms with Crippen LogP contribution in [0.3, 0.4) is 0 Å². The topological polar surface area (TPSA) is 66.8 Å². The number of benzene rings is 2. The number of ether oxygens (including phenoxy) is 1. The van der Waals surface area contributed by atoms with Crippen LogP contribution in [0, 0.1) is 0 Å². The predicted molar refractivity (Wildman–Crippen MR) is 110 cm³/mol. The Morgan fingerprint density at radius 1 is 1.07 bits per heavy atom. The highest BCUT2D eigenvalue weighted by molar-refractivity contribution is 8.01. The van der Waals surface area contributed by atoms with E-state index in [-0.39, 0.29) is 17.3 Å². The maximum absolute atomic E-state index is 13.3. The average molecular weight is 400 g/mol. The minimum Gasteiger partial charge on any atom is -0.482 e. The van der Waals surface area contributed by atoms with Crippen LogP contribution in [-0.4, -0.2) is 40.3 Å². The van der Waals surface area contributed by atoms with Gasteiger partial charge in [0.05, 0.1) is 4.75 Å². The quantitative estimate of drug-likeness (QED) is 0.720. The molecule has 2 aromatic rings. The molecule has 28 heavy (non-hydrogen) atoms. The predicted octanol–water partition coefficient (Wildman–Crippen LogP) is 4.21. The summed E-state index contributed by atoms with van der Waals surface area (Å²) in [5, 5.41) is 8.67. The van der Waals surface area contributed by atoms with Gasteiger partial charge in [0.1, 0.15) is 5.75 Å². The van der Waals surface area contributed by atoms with Gasteiger partial charge < -0.3 is 14.7 Å². The zero-order valence-electron chi connectivity index (χ0n) is 16.0. The smallest absolute Gasteiger partial charge is 0.341 e. The molecular weight excluding hydrogens is 374 g/mol. The van der Waals surface area contributed by atoms with Gasteiger partial charge in [-0.15, -0.1) is 11.8 Å². The number of rotatable bonds is 8. The minimum absolute atomic E-state index is 0.171. The van der Waals surface area contributed by atoms with Crippen LogP contribution >= 0.6 is 11.8 Å². The molecule has 0 spiro atoms. The average Bonchev–Trinajstić information content (AvgIpc) is 3.17. The van der Waals surface area contributed by atoms with Gasteiger partial charge in [-0.3, -0.25) is 4.79 Å². The van der Waals surface area contributed by atoms with Gasteiger partial charge >= 0.3 is 5.97 Å². The van der Waals surface area contributed by atoms with Crippen LogP contribution in [0.2, 0.25) is 0 Å². The Hall–Kier alpha value is -2.47. The number of aliphatic carboxylic acids is 1. The number of amides is 1. The third-order valence-corrected chi connectivity index (χ3v) is 6.39. The standard InChI is InChI=1S/C22H25NO4S/c1-23(15-17-9-11-18(12-10-17)27-16-20(24)25)21(26)22(13-5-6-14-22)28-19-7-3-2-4-8-19/h2-4,7-12H,5-6,13-16H2,1H3,(H,24,25). The molecule has 0 atom stereocenters. The number of thioether (sulfide) groups is 1. The van der Waals surface area contributed by atoms with Crippen molar-refractivity contribution in [2.45, 2.75) is 41.9 Å². The van der Waals surface area contributed by atoms with Gasteiger partial charge in [0.15, 0.2) is 6.61 Å². The van der Waals surface area contributed by atoms with Crippen molar-refractivity contribution in [1.29, 1.82) is 0 Å². The molecule has 2 aromatic carbocycles. The second kappa shape index (κ2) is 9.15. The molecule has 148 valence electrons. The van der Waals surface area contributed by atoms with Crippen LogP contribution in [-0.2, 0) is 16.1 Å². The van der Waals surface area contributed by atoms with Gasteiger partial charge in [-0.1, -0.05) is 43.2 Å². The lowest BCUT2D eigenvalue weighted by Crippen LogP contribution is -2.43. The van der Waals surface area contributed by atoms with Crippen LogP contribution in [0.1, 0.15) is 31.2 Å². The van der Waals surface area contributed by atoms with Crippen molar-refractivity contribution < 1.29 is 19.4 Å². The van der Waals surface area contributed by atoms with Crippen LogP contribution < -0.4 is 4.74 Å². The summed E-state index contributed by atoms with van der Waals surface area (Å²) in [7, 11) is 1.85. The Bertz CT molecular complexity index is 801. The number of hydrogen-bond donors (Lipinski definition) is 1. The Morgan fingerprint density at radius 3 is 2.32 bits per heavy atom. The maximum Gasteiger partial charge on any atom is 0.341 e. The first-order valence-electron chi connectivity index (χ1n) is 9.42. The molecule has 0 bridgehead atoms. The van der Waals surface area contributed by atoms with Crippen LogP contribution in [0.5, 0.6) is 5.75 Å². The monoisotopic (exact) mass is 399 g/mol. The lowest BCUT2D eigenvalue weighted by molar-refractivity contribution is -0.139. The molecule has 1 amide bonds. The highest BCUT2D eigenvalue weighted by Crippen LogP contribution is 2.46. The van der Waals surface area contributed by atoms with Crippen molar-refractivity contribution in [2.24, 2.45) is 0 Å². The van der Waals surface area contributed by atoms with Crippen molar-refractivity contribution in [1.82, 2.24) is 4.90 Å². The second-order valence-corrected chi connectivity index (χ2v) is 8.56. The number of nitrogens with zero attached hydrogens (tertiary/aromatic N) is 1. The third-order valence-electron chi connectivity index (χ3n) is 4.91. The second-order valence-electron chi connectivity index (χ2n) is 7.10. The molecule has 1 saturated carbocycles. The van der Waals surface area contributed by atoms with Crippen molar-refractivity contribution in [2.75, 3.05) is 13.7 Å². The molecule has 1 aliphatic rings. The van der Waals surface area contributed by atoms with E-state index in [4.69, 9.17) is 9.84 Å². The van der Waals surface area contributed by atoms with E-state index in [2.05, 4.69) is 12.1 Å². The molecule has 1 N–H and O–H groups in total. The first-order chi connectivity index (χ1) is 13.5. The van der Waals surface area contributed by atoms with E-state index in [9.17, 15) is 9.59 Å². The van der Waals surface area contributed by atoms with E-state index in [0.29, 0.717) is 12.3 Å². The first-order valence-corrected chi connectivity index (χ1v) is 10.2. The number of hydrogen-bond acceptors (Lipinski definition) is 4. The fraction of sp³-hybridized carbons (Fsp3) is 0.364. The molecule has 0 saturated heterocycles. The number of carbonyl (C=O) groups excluding carboxylic acids is 1. The molecule has 0 heterocycles. The Kier molecular flexibility index (Phi) is 6.62. The Morgan fingerprint density at radius 2 is 1.71 bits per heavy atom. The summed E-state index contributed by atoms with van der Waals surface area (Å²) < 4.78 is 4.77. The summed E-state index contributed by atoms with van der Waals surface area (Å²) in [5.74, 6) is -0.329. The van der Waals surface area contributed by atoms with Gasteiger partial charge in [-0.25, -0.2) is 4.79 Å².